The average molecular weight is 251 g/mol. The number of benzene rings is 1. The van der Waals surface area contributed by atoms with E-state index in [9.17, 15) is 9.18 Å². The van der Waals surface area contributed by atoms with Crippen LogP contribution < -0.4 is 11.1 Å². The highest BCUT2D eigenvalue weighted by atomic mass is 19.1. The van der Waals surface area contributed by atoms with Crippen LogP contribution in [0, 0.1) is 11.7 Å². The zero-order chi connectivity index (χ0) is 13.1. The molecule has 1 fully saturated rings. The van der Waals surface area contributed by atoms with Gasteiger partial charge < -0.3 is 16.0 Å². The molecule has 1 heterocycles. The number of urea groups is 1. The van der Waals surface area contributed by atoms with Gasteiger partial charge in [0.2, 0.25) is 0 Å². The van der Waals surface area contributed by atoms with Crippen molar-refractivity contribution in [3.8, 4) is 0 Å². The quantitative estimate of drug-likeness (QED) is 0.754. The molecule has 1 unspecified atom stereocenters. The van der Waals surface area contributed by atoms with Crippen LogP contribution in [-0.2, 0) is 0 Å². The lowest BCUT2D eigenvalue weighted by Gasteiger charge is -2.30. The number of nitrogen functional groups attached to an aromatic ring is 1. The molecule has 0 aromatic heterocycles. The Labute approximate surface area is 106 Å². The van der Waals surface area contributed by atoms with Crippen molar-refractivity contribution in [2.45, 2.75) is 19.8 Å². The molecule has 1 saturated heterocycles. The highest BCUT2D eigenvalue weighted by molar-refractivity contribution is 5.89. The number of nitrogens with one attached hydrogen (secondary N) is 1. The lowest BCUT2D eigenvalue weighted by molar-refractivity contribution is 0.182. The van der Waals surface area contributed by atoms with Crippen molar-refractivity contribution in [3.63, 3.8) is 0 Å². The third-order valence-electron chi connectivity index (χ3n) is 3.18. The van der Waals surface area contributed by atoms with Crippen LogP contribution in [-0.4, -0.2) is 24.0 Å². The molecule has 0 radical (unpaired) electrons. The first kappa shape index (κ1) is 12.7. The first-order chi connectivity index (χ1) is 8.56. The fourth-order valence-electron chi connectivity index (χ4n) is 2.20. The van der Waals surface area contributed by atoms with Crippen LogP contribution in [0.3, 0.4) is 0 Å². The molecule has 0 spiro atoms. The number of halogens is 1. The third kappa shape index (κ3) is 2.91. The zero-order valence-corrected chi connectivity index (χ0v) is 10.4. The molecule has 0 saturated carbocycles. The van der Waals surface area contributed by atoms with Crippen molar-refractivity contribution >= 4 is 17.4 Å². The summed E-state index contributed by atoms with van der Waals surface area (Å²) in [6, 6.07) is 4.01. The SMILES string of the molecule is CC1CCCN(C(=O)Nc2ccc(N)cc2F)C1. The van der Waals surface area contributed by atoms with E-state index in [2.05, 4.69) is 12.2 Å². The van der Waals surface area contributed by atoms with Crippen LogP contribution in [0.4, 0.5) is 20.6 Å². The van der Waals surface area contributed by atoms with Crippen molar-refractivity contribution in [1.29, 1.82) is 0 Å². The fraction of sp³-hybridized carbons (Fsp3) is 0.462. The van der Waals surface area contributed by atoms with Crippen molar-refractivity contribution in [2.75, 3.05) is 24.1 Å². The van der Waals surface area contributed by atoms with Gasteiger partial charge in [-0.2, -0.15) is 0 Å². The number of anilines is 2. The van der Waals surface area contributed by atoms with Crippen LogP contribution in [0.5, 0.6) is 0 Å². The monoisotopic (exact) mass is 251 g/mol. The van der Waals surface area contributed by atoms with Gasteiger partial charge in [0, 0.05) is 18.8 Å². The minimum atomic E-state index is -0.506. The van der Waals surface area contributed by atoms with E-state index >= 15 is 0 Å². The summed E-state index contributed by atoms with van der Waals surface area (Å²) in [6.07, 6.45) is 2.14. The van der Waals surface area contributed by atoms with E-state index < -0.39 is 5.82 Å². The molecule has 2 amide bonds. The van der Waals surface area contributed by atoms with Crippen molar-refractivity contribution in [1.82, 2.24) is 4.90 Å². The molecule has 0 bridgehead atoms. The Morgan fingerprint density at radius 1 is 1.56 bits per heavy atom. The molecule has 0 aliphatic carbocycles. The van der Waals surface area contributed by atoms with Crippen LogP contribution in [0.2, 0.25) is 0 Å². The smallest absolute Gasteiger partial charge is 0.321 e. The lowest BCUT2D eigenvalue weighted by atomic mass is 10.0. The average Bonchev–Trinajstić information content (AvgIpc) is 2.32. The van der Waals surface area contributed by atoms with Gasteiger partial charge in [0.05, 0.1) is 5.69 Å². The molecule has 5 heteroatoms. The van der Waals surface area contributed by atoms with E-state index in [0.717, 1.165) is 25.9 Å². The Hall–Kier alpha value is -1.78. The van der Waals surface area contributed by atoms with Gasteiger partial charge in [-0.1, -0.05) is 6.92 Å². The lowest BCUT2D eigenvalue weighted by Crippen LogP contribution is -2.41. The molecular formula is C13H18FN3O. The number of amides is 2. The fourth-order valence-corrected chi connectivity index (χ4v) is 2.20. The molecule has 2 rings (SSSR count). The van der Waals surface area contributed by atoms with Crippen LogP contribution in [0.25, 0.3) is 0 Å². The number of piperidine rings is 1. The molecule has 18 heavy (non-hydrogen) atoms. The summed E-state index contributed by atoms with van der Waals surface area (Å²) in [5.41, 5.74) is 5.97. The van der Waals surface area contributed by atoms with E-state index in [4.69, 9.17) is 5.73 Å². The number of nitrogens with two attached hydrogens (primary N) is 1. The normalized spacial score (nSPS) is 19.7. The van der Waals surface area contributed by atoms with Crippen LogP contribution in [0.15, 0.2) is 18.2 Å². The van der Waals surface area contributed by atoms with Crippen LogP contribution in [0.1, 0.15) is 19.8 Å². The van der Waals surface area contributed by atoms with E-state index in [1.165, 1.54) is 12.1 Å². The first-order valence-corrected chi connectivity index (χ1v) is 6.17. The number of nitrogens with zero attached hydrogens (tertiary/aromatic N) is 1. The Balaban J connectivity index is 2.02. The highest BCUT2D eigenvalue weighted by Crippen LogP contribution is 2.20. The molecule has 98 valence electrons. The summed E-state index contributed by atoms with van der Waals surface area (Å²) in [4.78, 5) is 13.7. The number of hydrogen-bond donors (Lipinski definition) is 2. The van der Waals surface area contributed by atoms with Gasteiger partial charge >= 0.3 is 6.03 Å². The maximum Gasteiger partial charge on any atom is 0.321 e. The van der Waals surface area contributed by atoms with E-state index in [1.54, 1.807) is 11.0 Å². The van der Waals surface area contributed by atoms with Gasteiger partial charge in [0.15, 0.2) is 0 Å². The van der Waals surface area contributed by atoms with Gasteiger partial charge in [-0.15, -0.1) is 0 Å². The Bertz CT molecular complexity index is 450. The maximum atomic E-state index is 13.5. The molecule has 1 atom stereocenters. The highest BCUT2D eigenvalue weighted by Gasteiger charge is 2.21. The number of carbonyl (C=O) groups excluding carboxylic acids is 1. The second-order valence-corrected chi connectivity index (χ2v) is 4.86. The van der Waals surface area contributed by atoms with Crippen molar-refractivity contribution in [3.05, 3.63) is 24.0 Å². The maximum absolute atomic E-state index is 13.5. The minimum absolute atomic E-state index is 0.174. The van der Waals surface area contributed by atoms with Gasteiger partial charge in [-0.05, 0) is 37.0 Å². The predicted molar refractivity (Wildman–Crippen MR) is 69.8 cm³/mol. The second-order valence-electron chi connectivity index (χ2n) is 4.86. The Morgan fingerprint density at radius 3 is 3.00 bits per heavy atom. The predicted octanol–water partition coefficient (Wildman–Crippen LogP) is 2.67. The number of carbonyl (C=O) groups is 1. The Kier molecular flexibility index (Phi) is 3.69. The molecular weight excluding hydrogens is 233 g/mol. The van der Waals surface area contributed by atoms with Gasteiger partial charge in [0.25, 0.3) is 0 Å². The van der Waals surface area contributed by atoms with Gasteiger partial charge in [-0.25, -0.2) is 9.18 Å². The molecule has 4 nitrogen and oxygen atoms in total. The number of rotatable bonds is 1. The minimum Gasteiger partial charge on any atom is -0.399 e. The zero-order valence-electron chi connectivity index (χ0n) is 10.4. The van der Waals surface area contributed by atoms with E-state index in [-0.39, 0.29) is 11.7 Å². The second kappa shape index (κ2) is 5.25. The van der Waals surface area contributed by atoms with Crippen molar-refractivity contribution < 1.29 is 9.18 Å². The summed E-state index contributed by atoms with van der Waals surface area (Å²) in [5.74, 6) is -0.00540. The summed E-state index contributed by atoms with van der Waals surface area (Å²) < 4.78 is 13.5. The summed E-state index contributed by atoms with van der Waals surface area (Å²) in [7, 11) is 0. The largest absolute Gasteiger partial charge is 0.399 e. The summed E-state index contributed by atoms with van der Waals surface area (Å²) >= 11 is 0. The summed E-state index contributed by atoms with van der Waals surface area (Å²) in [6.45, 7) is 3.57. The summed E-state index contributed by atoms with van der Waals surface area (Å²) in [5, 5.41) is 2.58. The topological polar surface area (TPSA) is 58.4 Å². The molecule has 1 aliphatic heterocycles. The van der Waals surface area contributed by atoms with E-state index in [0.29, 0.717) is 11.6 Å². The molecule has 1 aromatic rings. The molecule has 3 N–H and O–H groups in total. The number of likely N-dealkylation sites (tertiary alicyclic amines) is 1. The van der Waals surface area contributed by atoms with Crippen molar-refractivity contribution in [2.24, 2.45) is 5.92 Å². The third-order valence-corrected chi connectivity index (χ3v) is 3.18. The van der Waals surface area contributed by atoms with Gasteiger partial charge in [0.1, 0.15) is 5.82 Å². The van der Waals surface area contributed by atoms with Crippen LogP contribution >= 0.6 is 0 Å². The van der Waals surface area contributed by atoms with Gasteiger partial charge in [-0.3, -0.25) is 0 Å². The first-order valence-electron chi connectivity index (χ1n) is 6.17. The number of hydrogen-bond acceptors (Lipinski definition) is 2. The Morgan fingerprint density at radius 2 is 2.33 bits per heavy atom. The molecule has 1 aromatic carbocycles. The van der Waals surface area contributed by atoms with E-state index in [1.807, 2.05) is 0 Å². The standard InChI is InChI=1S/C13H18FN3O/c1-9-3-2-6-17(8-9)13(18)16-12-5-4-10(15)7-11(12)14/h4-5,7,9H,2-3,6,8,15H2,1H3,(H,16,18). The molecule has 1 aliphatic rings.